The molecule has 130 valence electrons. The Hall–Kier alpha value is -2.76. The monoisotopic (exact) mass is 362 g/mol. The molecule has 4 nitrogen and oxygen atoms in total. The van der Waals surface area contributed by atoms with E-state index in [4.69, 9.17) is 9.47 Å². The summed E-state index contributed by atoms with van der Waals surface area (Å²) < 4.78 is 11.6. The Balaban J connectivity index is 1.55. The number of ether oxygens (including phenoxy) is 2. The molecule has 0 unspecified atom stereocenters. The summed E-state index contributed by atoms with van der Waals surface area (Å²) in [5.41, 5.74) is 6.95. The predicted molar refractivity (Wildman–Crippen MR) is 103 cm³/mol. The standard InChI is InChI=1S/C21H18N2O2S/c1-24-15-10-8-14(9-11-15)17-13-18-16-5-2-3-6-19(16)25-21(23(18)22-17)20-7-4-12-26-20/h2-13,18,21-22H,1H3/t18-,21-/m0/s1. The van der Waals surface area contributed by atoms with Gasteiger partial charge in [0.25, 0.3) is 0 Å². The van der Waals surface area contributed by atoms with Crippen molar-refractivity contribution in [3.05, 3.63) is 88.1 Å². The van der Waals surface area contributed by atoms with E-state index in [0.29, 0.717) is 0 Å². The third-order valence-corrected chi connectivity index (χ3v) is 5.69. The minimum atomic E-state index is -0.151. The molecule has 5 heteroatoms. The van der Waals surface area contributed by atoms with Crippen molar-refractivity contribution in [3.8, 4) is 11.5 Å². The lowest BCUT2D eigenvalue weighted by atomic mass is 10.0. The third-order valence-electron chi connectivity index (χ3n) is 4.79. The Labute approximate surface area is 156 Å². The third kappa shape index (κ3) is 2.48. The van der Waals surface area contributed by atoms with Gasteiger partial charge in [-0.05, 0) is 53.4 Å². The van der Waals surface area contributed by atoms with Gasteiger partial charge in [-0.1, -0.05) is 24.3 Å². The average Bonchev–Trinajstić information content (AvgIpc) is 3.37. The van der Waals surface area contributed by atoms with Crippen molar-refractivity contribution in [2.75, 3.05) is 7.11 Å². The maximum absolute atomic E-state index is 6.33. The SMILES string of the molecule is COc1ccc(C2=C[C@H]3c4ccccc4O[C@@H](c4cccs4)N3N2)cc1. The first-order chi connectivity index (χ1) is 12.8. The van der Waals surface area contributed by atoms with E-state index in [-0.39, 0.29) is 12.3 Å². The molecule has 1 N–H and O–H groups in total. The van der Waals surface area contributed by atoms with E-state index in [1.807, 2.05) is 24.3 Å². The van der Waals surface area contributed by atoms with Crippen LogP contribution >= 0.6 is 11.3 Å². The number of nitrogens with zero attached hydrogens (tertiary/aromatic N) is 1. The maximum atomic E-state index is 6.33. The number of thiophene rings is 1. The van der Waals surface area contributed by atoms with Gasteiger partial charge in [-0.15, -0.1) is 11.3 Å². The van der Waals surface area contributed by atoms with Gasteiger partial charge in [0.15, 0.2) is 0 Å². The lowest BCUT2D eigenvalue weighted by Gasteiger charge is -2.38. The van der Waals surface area contributed by atoms with Crippen molar-refractivity contribution < 1.29 is 9.47 Å². The van der Waals surface area contributed by atoms with Crippen LogP contribution in [-0.2, 0) is 0 Å². The molecule has 0 bridgehead atoms. The van der Waals surface area contributed by atoms with Crippen LogP contribution < -0.4 is 14.9 Å². The van der Waals surface area contributed by atoms with Crippen LogP contribution in [0.25, 0.3) is 5.70 Å². The molecule has 0 saturated heterocycles. The van der Waals surface area contributed by atoms with E-state index in [2.05, 4.69) is 58.3 Å². The van der Waals surface area contributed by atoms with Crippen molar-refractivity contribution in [1.82, 2.24) is 10.4 Å². The largest absolute Gasteiger partial charge is 0.497 e. The van der Waals surface area contributed by atoms with Crippen LogP contribution in [0.1, 0.15) is 28.3 Å². The Morgan fingerprint density at radius 2 is 1.88 bits per heavy atom. The smallest absolute Gasteiger partial charge is 0.205 e. The Morgan fingerprint density at radius 3 is 2.65 bits per heavy atom. The van der Waals surface area contributed by atoms with Crippen LogP contribution in [0.15, 0.2) is 72.1 Å². The van der Waals surface area contributed by atoms with E-state index in [1.165, 1.54) is 10.4 Å². The van der Waals surface area contributed by atoms with Gasteiger partial charge in [0.05, 0.1) is 23.7 Å². The lowest BCUT2D eigenvalue weighted by molar-refractivity contribution is -0.0302. The number of fused-ring (bicyclic) bond motifs is 3. The number of methoxy groups -OCH3 is 1. The molecule has 3 heterocycles. The molecule has 0 fully saturated rings. The van der Waals surface area contributed by atoms with Gasteiger partial charge in [-0.25, -0.2) is 0 Å². The van der Waals surface area contributed by atoms with Crippen molar-refractivity contribution in [3.63, 3.8) is 0 Å². The Kier molecular flexibility index (Phi) is 3.69. The van der Waals surface area contributed by atoms with Crippen LogP contribution in [0.2, 0.25) is 0 Å². The topological polar surface area (TPSA) is 33.7 Å². The summed E-state index contributed by atoms with van der Waals surface area (Å²) in [6.07, 6.45) is 2.12. The minimum Gasteiger partial charge on any atom is -0.497 e. The molecular weight excluding hydrogens is 344 g/mol. The first-order valence-electron chi connectivity index (χ1n) is 8.54. The van der Waals surface area contributed by atoms with E-state index in [0.717, 1.165) is 22.8 Å². The zero-order chi connectivity index (χ0) is 17.5. The molecule has 0 aliphatic carbocycles. The molecule has 2 aliphatic heterocycles. The fourth-order valence-electron chi connectivity index (χ4n) is 3.50. The lowest BCUT2D eigenvalue weighted by Crippen LogP contribution is -2.42. The highest BCUT2D eigenvalue weighted by Gasteiger charge is 2.40. The molecule has 2 atom stereocenters. The second kappa shape index (κ2) is 6.20. The van der Waals surface area contributed by atoms with Gasteiger partial charge in [0.2, 0.25) is 6.23 Å². The molecule has 0 saturated carbocycles. The zero-order valence-corrected chi connectivity index (χ0v) is 15.1. The van der Waals surface area contributed by atoms with E-state index >= 15 is 0 Å². The first kappa shape index (κ1) is 15.5. The van der Waals surface area contributed by atoms with Crippen molar-refractivity contribution in [2.24, 2.45) is 0 Å². The van der Waals surface area contributed by atoms with Gasteiger partial charge in [0, 0.05) is 5.56 Å². The van der Waals surface area contributed by atoms with Gasteiger partial charge >= 0.3 is 0 Å². The Morgan fingerprint density at radius 1 is 1.04 bits per heavy atom. The van der Waals surface area contributed by atoms with E-state index in [1.54, 1.807) is 18.4 Å². The highest BCUT2D eigenvalue weighted by molar-refractivity contribution is 7.10. The highest BCUT2D eigenvalue weighted by Crippen LogP contribution is 2.46. The molecule has 2 aliphatic rings. The summed E-state index contributed by atoms with van der Waals surface area (Å²) in [5.74, 6) is 1.80. The summed E-state index contributed by atoms with van der Waals surface area (Å²) in [5, 5.41) is 4.27. The molecule has 0 radical (unpaired) electrons. The second-order valence-electron chi connectivity index (χ2n) is 6.30. The molecule has 5 rings (SSSR count). The fraction of sp³-hybridized carbons (Fsp3) is 0.143. The van der Waals surface area contributed by atoms with Gasteiger partial charge in [-0.3, -0.25) is 0 Å². The summed E-state index contributed by atoms with van der Waals surface area (Å²) in [6, 6.07) is 20.7. The van der Waals surface area contributed by atoms with Crippen LogP contribution in [-0.4, -0.2) is 12.1 Å². The number of hydrazine groups is 1. The highest BCUT2D eigenvalue weighted by atomic mass is 32.1. The summed E-state index contributed by atoms with van der Waals surface area (Å²) >= 11 is 1.71. The van der Waals surface area contributed by atoms with Crippen molar-refractivity contribution in [2.45, 2.75) is 12.3 Å². The van der Waals surface area contributed by atoms with Crippen LogP contribution in [0.5, 0.6) is 11.5 Å². The van der Waals surface area contributed by atoms with Crippen molar-refractivity contribution >= 4 is 17.0 Å². The zero-order valence-electron chi connectivity index (χ0n) is 14.3. The number of hydrogen-bond donors (Lipinski definition) is 1. The minimum absolute atomic E-state index is 0.129. The van der Waals surface area contributed by atoms with Crippen LogP contribution in [0.3, 0.4) is 0 Å². The number of nitrogens with one attached hydrogen (secondary N) is 1. The van der Waals surface area contributed by atoms with Crippen molar-refractivity contribution in [1.29, 1.82) is 0 Å². The number of rotatable bonds is 3. The normalized spacial score (nSPS) is 21.2. The van der Waals surface area contributed by atoms with Crippen LogP contribution in [0, 0.1) is 0 Å². The molecule has 26 heavy (non-hydrogen) atoms. The van der Waals surface area contributed by atoms with E-state index in [9.17, 15) is 0 Å². The first-order valence-corrected chi connectivity index (χ1v) is 9.42. The van der Waals surface area contributed by atoms with Crippen LogP contribution in [0.4, 0.5) is 0 Å². The molecule has 3 aromatic rings. The second-order valence-corrected chi connectivity index (χ2v) is 7.28. The van der Waals surface area contributed by atoms with Gasteiger partial charge in [-0.2, -0.15) is 5.01 Å². The molecule has 2 aromatic carbocycles. The summed E-state index contributed by atoms with van der Waals surface area (Å²) in [7, 11) is 1.68. The molecule has 0 amide bonds. The number of benzene rings is 2. The number of hydrogen-bond acceptors (Lipinski definition) is 5. The summed E-state index contributed by atoms with van der Waals surface area (Å²) in [6.45, 7) is 0. The average molecular weight is 362 g/mol. The van der Waals surface area contributed by atoms with Gasteiger partial charge < -0.3 is 14.9 Å². The molecule has 0 spiro atoms. The van der Waals surface area contributed by atoms with E-state index < -0.39 is 0 Å². The molecular formula is C21H18N2O2S. The number of para-hydroxylation sites is 1. The fourth-order valence-corrected chi connectivity index (χ4v) is 4.25. The quantitative estimate of drug-likeness (QED) is 0.729. The Bertz CT molecular complexity index is 950. The molecule has 1 aromatic heterocycles. The summed E-state index contributed by atoms with van der Waals surface area (Å²) in [4.78, 5) is 1.18. The van der Waals surface area contributed by atoms with Gasteiger partial charge in [0.1, 0.15) is 11.5 Å². The predicted octanol–water partition coefficient (Wildman–Crippen LogP) is 4.75. The maximum Gasteiger partial charge on any atom is 0.205 e.